The van der Waals surface area contributed by atoms with Gasteiger partial charge in [-0.25, -0.2) is 17.2 Å². The van der Waals surface area contributed by atoms with Crippen LogP contribution in [0.1, 0.15) is 29.8 Å². The van der Waals surface area contributed by atoms with E-state index >= 15 is 0 Å². The zero-order valence-corrected chi connectivity index (χ0v) is 15.4. The molecule has 5 nitrogen and oxygen atoms in total. The molecule has 0 aliphatic heterocycles. The molecule has 28 heavy (non-hydrogen) atoms. The Hall–Kier alpha value is -2.69. The Balaban J connectivity index is 2.18. The Kier molecular flexibility index (Phi) is 5.97. The van der Waals surface area contributed by atoms with E-state index in [1.165, 1.54) is 38.1 Å². The van der Waals surface area contributed by atoms with E-state index in [-0.39, 0.29) is 11.3 Å². The number of benzene rings is 2. The first kappa shape index (κ1) is 21.6. The highest BCUT2D eigenvalue weighted by atomic mass is 32.2. The highest BCUT2D eigenvalue weighted by Gasteiger charge is 2.38. The molecule has 0 bridgehead atoms. The number of halogens is 5. The van der Waals surface area contributed by atoms with E-state index in [4.69, 9.17) is 0 Å². The minimum Gasteiger partial charge on any atom is -0.322 e. The Labute approximate surface area is 157 Å². The standard InChI is InChI=1S/C17H15F5N2O3S/c1-9(2)28(26,27)24-11-5-3-10(4-6-11)16(25)23-12-7-13(18)15(14(19)8-12)17(20,21)22/h3-9,24H,1-2H3,(H,23,25). The van der Waals surface area contributed by atoms with Crippen molar-refractivity contribution >= 4 is 27.3 Å². The third-order valence-corrected chi connectivity index (χ3v) is 5.37. The molecule has 2 aromatic carbocycles. The number of carbonyl (C=O) groups is 1. The van der Waals surface area contributed by atoms with Gasteiger partial charge < -0.3 is 5.32 Å². The zero-order chi connectivity index (χ0) is 21.3. The summed E-state index contributed by atoms with van der Waals surface area (Å²) in [6, 6.07) is 5.78. The van der Waals surface area contributed by atoms with Crippen LogP contribution in [0, 0.1) is 11.6 Å². The number of sulfonamides is 1. The average Bonchev–Trinajstić information content (AvgIpc) is 2.52. The van der Waals surface area contributed by atoms with Crippen molar-refractivity contribution in [1.29, 1.82) is 0 Å². The minimum absolute atomic E-state index is 0.00629. The van der Waals surface area contributed by atoms with Gasteiger partial charge in [-0.05, 0) is 50.2 Å². The van der Waals surface area contributed by atoms with E-state index in [0.717, 1.165) is 0 Å². The maximum absolute atomic E-state index is 13.6. The highest BCUT2D eigenvalue weighted by molar-refractivity contribution is 7.93. The summed E-state index contributed by atoms with van der Waals surface area (Å²) in [5.41, 5.74) is -2.37. The minimum atomic E-state index is -5.21. The van der Waals surface area contributed by atoms with Gasteiger partial charge in [0.15, 0.2) is 0 Å². The Morgan fingerprint density at radius 2 is 1.46 bits per heavy atom. The fourth-order valence-electron chi connectivity index (χ4n) is 2.09. The molecule has 0 aliphatic carbocycles. The topological polar surface area (TPSA) is 75.3 Å². The highest BCUT2D eigenvalue weighted by Crippen LogP contribution is 2.34. The van der Waals surface area contributed by atoms with E-state index in [1.807, 2.05) is 0 Å². The number of alkyl halides is 3. The molecule has 11 heteroatoms. The third-order valence-electron chi connectivity index (χ3n) is 3.61. The summed E-state index contributed by atoms with van der Waals surface area (Å²) in [6.07, 6.45) is -5.21. The molecule has 0 unspecified atom stereocenters. The van der Waals surface area contributed by atoms with Gasteiger partial charge >= 0.3 is 6.18 Å². The molecule has 1 amide bonds. The van der Waals surface area contributed by atoms with Crippen molar-refractivity contribution < 1.29 is 35.2 Å². The largest absolute Gasteiger partial charge is 0.422 e. The maximum atomic E-state index is 13.6. The number of hydrogen-bond donors (Lipinski definition) is 2. The fourth-order valence-corrected chi connectivity index (χ4v) is 2.79. The van der Waals surface area contributed by atoms with Gasteiger partial charge in [0.1, 0.15) is 17.2 Å². The molecule has 0 radical (unpaired) electrons. The molecule has 2 aromatic rings. The number of rotatable bonds is 5. The Morgan fingerprint density at radius 3 is 1.89 bits per heavy atom. The summed E-state index contributed by atoms with van der Waals surface area (Å²) in [7, 11) is -3.58. The maximum Gasteiger partial charge on any atom is 0.422 e. The van der Waals surface area contributed by atoms with Crippen molar-refractivity contribution in [2.24, 2.45) is 0 Å². The smallest absolute Gasteiger partial charge is 0.322 e. The predicted octanol–water partition coefficient (Wildman–Crippen LogP) is 4.39. The van der Waals surface area contributed by atoms with E-state index in [2.05, 4.69) is 10.0 Å². The molecular formula is C17H15F5N2O3S. The van der Waals surface area contributed by atoms with Crippen LogP contribution in [0.5, 0.6) is 0 Å². The molecule has 2 rings (SSSR count). The molecule has 0 saturated heterocycles. The molecule has 152 valence electrons. The molecular weight excluding hydrogens is 407 g/mol. The first-order valence-corrected chi connectivity index (χ1v) is 9.35. The van der Waals surface area contributed by atoms with Crippen molar-refractivity contribution in [2.75, 3.05) is 10.0 Å². The second-order valence-corrected chi connectivity index (χ2v) is 8.28. The lowest BCUT2D eigenvalue weighted by Crippen LogP contribution is -2.22. The van der Waals surface area contributed by atoms with Crippen LogP contribution in [-0.4, -0.2) is 19.6 Å². The summed E-state index contributed by atoms with van der Waals surface area (Å²) < 4.78 is 90.7. The Morgan fingerprint density at radius 1 is 0.964 bits per heavy atom. The molecule has 0 saturated carbocycles. The van der Waals surface area contributed by atoms with Crippen molar-refractivity contribution in [3.63, 3.8) is 0 Å². The van der Waals surface area contributed by atoms with Crippen LogP contribution < -0.4 is 10.0 Å². The van der Waals surface area contributed by atoms with Gasteiger partial charge in [-0.3, -0.25) is 9.52 Å². The number of hydrogen-bond acceptors (Lipinski definition) is 3. The van der Waals surface area contributed by atoms with Crippen LogP contribution in [0.2, 0.25) is 0 Å². The normalized spacial score (nSPS) is 12.1. The van der Waals surface area contributed by atoms with E-state index in [1.54, 1.807) is 0 Å². The van der Waals surface area contributed by atoms with Gasteiger partial charge in [0.2, 0.25) is 10.0 Å². The fraction of sp³-hybridized carbons (Fsp3) is 0.235. The lowest BCUT2D eigenvalue weighted by molar-refractivity contribution is -0.142. The first-order valence-electron chi connectivity index (χ1n) is 7.80. The van der Waals surface area contributed by atoms with Crippen LogP contribution in [0.4, 0.5) is 33.3 Å². The van der Waals surface area contributed by atoms with Gasteiger partial charge in [-0.1, -0.05) is 0 Å². The van der Waals surface area contributed by atoms with Gasteiger partial charge in [-0.15, -0.1) is 0 Å². The third kappa shape index (κ3) is 4.97. The second-order valence-electron chi connectivity index (χ2n) is 6.04. The predicted molar refractivity (Wildman–Crippen MR) is 93.4 cm³/mol. The van der Waals surface area contributed by atoms with E-state index in [9.17, 15) is 35.2 Å². The molecule has 0 fully saturated rings. The van der Waals surface area contributed by atoms with Crippen molar-refractivity contribution in [3.8, 4) is 0 Å². The molecule has 0 atom stereocenters. The number of carbonyl (C=O) groups excluding carboxylic acids is 1. The number of nitrogens with one attached hydrogen (secondary N) is 2. The molecule has 2 N–H and O–H groups in total. The van der Waals surface area contributed by atoms with E-state index < -0.39 is 50.2 Å². The monoisotopic (exact) mass is 422 g/mol. The summed E-state index contributed by atoms with van der Waals surface area (Å²) in [6.45, 7) is 2.96. The SMILES string of the molecule is CC(C)S(=O)(=O)Nc1ccc(C(=O)Nc2cc(F)c(C(F)(F)F)c(F)c2)cc1. The van der Waals surface area contributed by atoms with Gasteiger partial charge in [0, 0.05) is 16.9 Å². The van der Waals surface area contributed by atoms with Gasteiger partial charge in [-0.2, -0.15) is 13.2 Å². The summed E-state index contributed by atoms with van der Waals surface area (Å²) in [4.78, 5) is 12.1. The van der Waals surface area contributed by atoms with Crippen molar-refractivity contribution in [2.45, 2.75) is 25.3 Å². The van der Waals surface area contributed by atoms with Crippen LogP contribution in [-0.2, 0) is 16.2 Å². The van der Waals surface area contributed by atoms with Gasteiger partial charge in [0.25, 0.3) is 5.91 Å². The number of amides is 1. The lowest BCUT2D eigenvalue weighted by Gasteiger charge is -2.12. The summed E-state index contributed by atoms with van der Waals surface area (Å²) in [5, 5.41) is 1.40. The molecule has 0 spiro atoms. The van der Waals surface area contributed by atoms with Crippen LogP contribution in [0.25, 0.3) is 0 Å². The first-order chi connectivity index (χ1) is 12.8. The van der Waals surface area contributed by atoms with E-state index in [0.29, 0.717) is 12.1 Å². The quantitative estimate of drug-likeness (QED) is 0.702. The second kappa shape index (κ2) is 7.74. The van der Waals surface area contributed by atoms with Crippen LogP contribution in [0.15, 0.2) is 36.4 Å². The zero-order valence-electron chi connectivity index (χ0n) is 14.6. The Bertz CT molecular complexity index is 964. The van der Waals surface area contributed by atoms with Crippen LogP contribution in [0.3, 0.4) is 0 Å². The summed E-state index contributed by atoms with van der Waals surface area (Å²) in [5.74, 6) is -4.57. The average molecular weight is 422 g/mol. The van der Waals surface area contributed by atoms with Crippen molar-refractivity contribution in [3.05, 3.63) is 59.2 Å². The number of anilines is 2. The van der Waals surface area contributed by atoms with Crippen molar-refractivity contribution in [1.82, 2.24) is 0 Å². The van der Waals surface area contributed by atoms with Gasteiger partial charge in [0.05, 0.1) is 5.25 Å². The molecule has 0 heterocycles. The molecule has 0 aromatic heterocycles. The van der Waals surface area contributed by atoms with Crippen LogP contribution >= 0.6 is 0 Å². The molecule has 0 aliphatic rings. The summed E-state index contributed by atoms with van der Waals surface area (Å²) >= 11 is 0. The lowest BCUT2D eigenvalue weighted by atomic mass is 10.1.